The lowest BCUT2D eigenvalue weighted by Gasteiger charge is -2.28. The van der Waals surface area contributed by atoms with Crippen molar-refractivity contribution in [1.82, 2.24) is 10.2 Å². The van der Waals surface area contributed by atoms with Crippen molar-refractivity contribution in [1.29, 1.82) is 0 Å². The molecule has 1 aromatic carbocycles. The zero-order valence-corrected chi connectivity index (χ0v) is 13.5. The van der Waals surface area contributed by atoms with Crippen LogP contribution in [0.4, 0.5) is 0 Å². The van der Waals surface area contributed by atoms with Gasteiger partial charge in [-0.05, 0) is 31.0 Å². The van der Waals surface area contributed by atoms with E-state index in [0.717, 1.165) is 18.5 Å². The first kappa shape index (κ1) is 17.4. The molecule has 126 valence electrons. The van der Waals surface area contributed by atoms with Gasteiger partial charge in [0, 0.05) is 26.1 Å². The Bertz CT molecular complexity index is 530. The van der Waals surface area contributed by atoms with Crippen molar-refractivity contribution in [2.24, 2.45) is 0 Å². The molecule has 0 radical (unpaired) electrons. The minimum absolute atomic E-state index is 0.00878. The standard InChI is InChI=1S/C17H24N2O4/c1-13(20)2-3-14-4-6-16(7-5-14)23-12-15(21)10-19-9-8-18-17(22)11-19/h4-7,15,21H,2-3,8-12H2,1H3,(H,18,22). The van der Waals surface area contributed by atoms with Crippen LogP contribution in [0.1, 0.15) is 18.9 Å². The number of hydrogen-bond donors (Lipinski definition) is 2. The molecule has 2 rings (SSSR count). The van der Waals surface area contributed by atoms with Crippen LogP contribution >= 0.6 is 0 Å². The second kappa shape index (κ2) is 8.64. The molecule has 0 aromatic heterocycles. The fourth-order valence-electron chi connectivity index (χ4n) is 2.46. The number of nitrogens with one attached hydrogen (secondary N) is 1. The van der Waals surface area contributed by atoms with Crippen LogP contribution in [0.15, 0.2) is 24.3 Å². The van der Waals surface area contributed by atoms with E-state index in [-0.39, 0.29) is 18.3 Å². The molecule has 1 atom stereocenters. The van der Waals surface area contributed by atoms with E-state index in [9.17, 15) is 14.7 Å². The van der Waals surface area contributed by atoms with Gasteiger partial charge in [0.2, 0.25) is 5.91 Å². The van der Waals surface area contributed by atoms with Crippen LogP contribution in [-0.4, -0.2) is 60.6 Å². The maximum absolute atomic E-state index is 11.3. The van der Waals surface area contributed by atoms with Gasteiger partial charge in [-0.15, -0.1) is 0 Å². The molecule has 6 heteroatoms. The van der Waals surface area contributed by atoms with Crippen molar-refractivity contribution in [3.05, 3.63) is 29.8 Å². The first-order valence-corrected chi connectivity index (χ1v) is 7.91. The Morgan fingerprint density at radius 3 is 2.78 bits per heavy atom. The van der Waals surface area contributed by atoms with Crippen molar-refractivity contribution >= 4 is 11.7 Å². The van der Waals surface area contributed by atoms with Crippen molar-refractivity contribution in [2.75, 3.05) is 32.8 Å². The maximum Gasteiger partial charge on any atom is 0.234 e. The van der Waals surface area contributed by atoms with E-state index in [2.05, 4.69) is 5.32 Å². The minimum Gasteiger partial charge on any atom is -0.491 e. The van der Waals surface area contributed by atoms with Crippen molar-refractivity contribution in [3.63, 3.8) is 0 Å². The molecule has 0 spiro atoms. The number of rotatable bonds is 8. The van der Waals surface area contributed by atoms with Gasteiger partial charge >= 0.3 is 0 Å². The SMILES string of the molecule is CC(=O)CCc1ccc(OCC(O)CN2CCNC(=O)C2)cc1. The van der Waals surface area contributed by atoms with E-state index in [0.29, 0.717) is 31.8 Å². The normalized spacial score (nSPS) is 16.7. The number of carbonyl (C=O) groups excluding carboxylic acids is 2. The summed E-state index contributed by atoms with van der Waals surface area (Å²) in [6.07, 6.45) is 0.635. The zero-order valence-electron chi connectivity index (χ0n) is 13.5. The third kappa shape index (κ3) is 6.38. The molecule has 23 heavy (non-hydrogen) atoms. The molecule has 1 aliphatic rings. The van der Waals surface area contributed by atoms with Crippen molar-refractivity contribution in [3.8, 4) is 5.75 Å². The van der Waals surface area contributed by atoms with Crippen molar-refractivity contribution in [2.45, 2.75) is 25.9 Å². The summed E-state index contributed by atoms with van der Waals surface area (Å²) in [4.78, 5) is 24.2. The number of nitrogens with zero attached hydrogens (tertiary/aromatic N) is 1. The van der Waals surface area contributed by atoms with E-state index in [1.54, 1.807) is 6.92 Å². The number of aliphatic hydroxyl groups is 1. The highest BCUT2D eigenvalue weighted by atomic mass is 16.5. The summed E-state index contributed by atoms with van der Waals surface area (Å²) < 4.78 is 5.57. The summed E-state index contributed by atoms with van der Waals surface area (Å²) in [7, 11) is 0. The molecule has 0 saturated carbocycles. The second-order valence-corrected chi connectivity index (χ2v) is 5.90. The van der Waals surface area contributed by atoms with Crippen LogP contribution in [0.3, 0.4) is 0 Å². The largest absolute Gasteiger partial charge is 0.491 e. The van der Waals surface area contributed by atoms with E-state index in [4.69, 9.17) is 4.74 Å². The lowest BCUT2D eigenvalue weighted by Crippen LogP contribution is -2.50. The molecule has 1 fully saturated rings. The number of aryl methyl sites for hydroxylation is 1. The molecule has 1 aliphatic heterocycles. The molecular weight excluding hydrogens is 296 g/mol. The molecular formula is C17H24N2O4. The van der Waals surface area contributed by atoms with Gasteiger partial charge in [-0.2, -0.15) is 0 Å². The second-order valence-electron chi connectivity index (χ2n) is 5.90. The Hall–Kier alpha value is -1.92. The summed E-state index contributed by atoms with van der Waals surface area (Å²) in [6, 6.07) is 7.55. The predicted octanol–water partition coefficient (Wildman–Crippen LogP) is 0.380. The van der Waals surface area contributed by atoms with Gasteiger partial charge in [-0.1, -0.05) is 12.1 Å². The molecule has 0 aliphatic carbocycles. The average Bonchev–Trinajstić information content (AvgIpc) is 2.52. The number of aliphatic hydroxyl groups excluding tert-OH is 1. The van der Waals surface area contributed by atoms with Gasteiger partial charge < -0.3 is 20.0 Å². The van der Waals surface area contributed by atoms with E-state index in [1.165, 1.54) is 0 Å². The fraction of sp³-hybridized carbons (Fsp3) is 0.529. The third-order valence-corrected chi connectivity index (χ3v) is 3.72. The van der Waals surface area contributed by atoms with Gasteiger partial charge in [0.15, 0.2) is 0 Å². The highest BCUT2D eigenvalue weighted by molar-refractivity contribution is 5.78. The number of piperazine rings is 1. The van der Waals surface area contributed by atoms with Gasteiger partial charge in [0.05, 0.1) is 6.54 Å². The molecule has 6 nitrogen and oxygen atoms in total. The Morgan fingerprint density at radius 1 is 1.39 bits per heavy atom. The zero-order chi connectivity index (χ0) is 16.7. The summed E-state index contributed by atoms with van der Waals surface area (Å²) >= 11 is 0. The number of Topliss-reactive ketones (excluding diaryl/α,β-unsaturated/α-hetero) is 1. The number of ether oxygens (including phenoxy) is 1. The number of ketones is 1. The Labute approximate surface area is 136 Å². The van der Waals surface area contributed by atoms with Crippen LogP contribution in [0.25, 0.3) is 0 Å². The summed E-state index contributed by atoms with van der Waals surface area (Å²) in [5, 5.41) is 12.8. The summed E-state index contributed by atoms with van der Waals surface area (Å²) in [6.45, 7) is 3.88. The monoisotopic (exact) mass is 320 g/mol. The van der Waals surface area contributed by atoms with Gasteiger partial charge in [0.1, 0.15) is 24.2 Å². The number of amides is 1. The van der Waals surface area contributed by atoms with E-state index in [1.807, 2.05) is 29.2 Å². The third-order valence-electron chi connectivity index (χ3n) is 3.72. The van der Waals surface area contributed by atoms with Crippen molar-refractivity contribution < 1.29 is 19.4 Å². The Kier molecular flexibility index (Phi) is 6.55. The quantitative estimate of drug-likeness (QED) is 0.724. The number of hydrogen-bond acceptors (Lipinski definition) is 5. The molecule has 2 N–H and O–H groups in total. The molecule has 0 bridgehead atoms. The van der Waals surface area contributed by atoms with Gasteiger partial charge in [-0.3, -0.25) is 9.69 Å². The lowest BCUT2D eigenvalue weighted by molar-refractivity contribution is -0.124. The smallest absolute Gasteiger partial charge is 0.234 e. The van der Waals surface area contributed by atoms with Crippen LogP contribution in [0.2, 0.25) is 0 Å². The molecule has 1 amide bonds. The van der Waals surface area contributed by atoms with Crippen LogP contribution in [0, 0.1) is 0 Å². The Morgan fingerprint density at radius 2 is 2.13 bits per heavy atom. The first-order chi connectivity index (χ1) is 11.0. The predicted molar refractivity (Wildman–Crippen MR) is 86.4 cm³/mol. The fourth-order valence-corrected chi connectivity index (χ4v) is 2.46. The number of β-amino-alcohol motifs (C(OH)–C–C–N with tert-alkyl or cyclic N) is 1. The number of benzene rings is 1. The van der Waals surface area contributed by atoms with Crippen LogP contribution in [0.5, 0.6) is 5.75 Å². The Balaban J connectivity index is 1.72. The summed E-state index contributed by atoms with van der Waals surface area (Å²) in [5.41, 5.74) is 1.09. The van der Waals surface area contributed by atoms with Crippen LogP contribution < -0.4 is 10.1 Å². The van der Waals surface area contributed by atoms with Crippen LogP contribution in [-0.2, 0) is 16.0 Å². The highest BCUT2D eigenvalue weighted by Gasteiger charge is 2.19. The first-order valence-electron chi connectivity index (χ1n) is 7.91. The van der Waals surface area contributed by atoms with E-state index < -0.39 is 6.10 Å². The maximum atomic E-state index is 11.3. The molecule has 1 unspecified atom stereocenters. The van der Waals surface area contributed by atoms with E-state index >= 15 is 0 Å². The molecule has 1 saturated heterocycles. The lowest BCUT2D eigenvalue weighted by atomic mass is 10.1. The highest BCUT2D eigenvalue weighted by Crippen LogP contribution is 2.14. The minimum atomic E-state index is -0.640. The van der Waals surface area contributed by atoms with Gasteiger partial charge in [-0.25, -0.2) is 0 Å². The average molecular weight is 320 g/mol. The topological polar surface area (TPSA) is 78.9 Å². The molecule has 1 aromatic rings. The van der Waals surface area contributed by atoms with Gasteiger partial charge in [0.25, 0.3) is 0 Å². The number of carbonyl (C=O) groups is 2. The summed E-state index contributed by atoms with van der Waals surface area (Å²) in [5.74, 6) is 0.859. The molecule has 1 heterocycles.